The maximum absolute atomic E-state index is 13.1. The monoisotopic (exact) mass is 536 g/mol. The first-order valence-electron chi connectivity index (χ1n) is 13.3. The van der Waals surface area contributed by atoms with E-state index in [1.165, 1.54) is 24.3 Å². The Morgan fingerprint density at radius 3 is 2.40 bits per heavy atom. The molecule has 10 heteroatoms. The zero-order chi connectivity index (χ0) is 27.8. The average Bonchev–Trinajstić information content (AvgIpc) is 3.40. The Bertz CT molecular complexity index is 1720. The summed E-state index contributed by atoms with van der Waals surface area (Å²) in [6.07, 6.45) is 0.702. The van der Waals surface area contributed by atoms with Crippen molar-refractivity contribution in [1.82, 2.24) is 20.0 Å². The number of amides is 1. The van der Waals surface area contributed by atoms with Crippen molar-refractivity contribution >= 4 is 39.3 Å². The third-order valence-corrected chi connectivity index (χ3v) is 7.17. The van der Waals surface area contributed by atoms with Crippen molar-refractivity contribution in [2.45, 2.75) is 20.3 Å². The van der Waals surface area contributed by atoms with Crippen molar-refractivity contribution in [1.29, 1.82) is 0 Å². The predicted molar refractivity (Wildman–Crippen MR) is 152 cm³/mol. The van der Waals surface area contributed by atoms with Gasteiger partial charge in [-0.3, -0.25) is 14.9 Å². The number of aromatic nitrogens is 3. The minimum Gasteiger partial charge on any atom is -0.352 e. The van der Waals surface area contributed by atoms with Gasteiger partial charge in [-0.15, -0.1) is 0 Å². The topological polar surface area (TPSA) is 118 Å². The number of benzene rings is 3. The van der Waals surface area contributed by atoms with E-state index in [4.69, 9.17) is 14.5 Å². The molecule has 3 aromatic carbocycles. The van der Waals surface area contributed by atoms with Gasteiger partial charge in [0.1, 0.15) is 22.7 Å². The summed E-state index contributed by atoms with van der Waals surface area (Å²) in [4.78, 5) is 37.2. The molecule has 0 saturated carbocycles. The number of anilines is 1. The molecule has 40 heavy (non-hydrogen) atoms. The molecular formula is C30H28N6O4. The average molecular weight is 537 g/mol. The molecule has 0 bridgehead atoms. The van der Waals surface area contributed by atoms with Gasteiger partial charge in [-0.1, -0.05) is 55.4 Å². The third kappa shape index (κ3) is 4.84. The van der Waals surface area contributed by atoms with Crippen LogP contribution in [0.5, 0.6) is 0 Å². The number of carbonyl (C=O) groups is 1. The van der Waals surface area contributed by atoms with E-state index in [0.717, 1.165) is 27.5 Å². The quantitative estimate of drug-likeness (QED) is 0.206. The number of piperazine rings is 1. The first-order chi connectivity index (χ1) is 19.4. The Hall–Kier alpha value is -4.86. The summed E-state index contributed by atoms with van der Waals surface area (Å²) in [5, 5.41) is 18.4. The van der Waals surface area contributed by atoms with Gasteiger partial charge in [0.25, 0.3) is 17.3 Å². The highest BCUT2D eigenvalue weighted by Crippen LogP contribution is 2.35. The molecule has 0 spiro atoms. The number of nitrogens with zero attached hydrogens (tertiary/aromatic N) is 6. The fourth-order valence-electron chi connectivity index (χ4n) is 5.13. The number of carbonyl (C=O) groups excluding carboxylic acids is 1. The van der Waals surface area contributed by atoms with E-state index in [1.54, 1.807) is 4.90 Å². The fourth-order valence-corrected chi connectivity index (χ4v) is 5.13. The summed E-state index contributed by atoms with van der Waals surface area (Å²) in [6, 6.07) is 20.1. The maximum Gasteiger partial charge on any atom is 0.269 e. The lowest BCUT2D eigenvalue weighted by Crippen LogP contribution is -2.49. The smallest absolute Gasteiger partial charge is 0.269 e. The number of hydrogen-bond donors (Lipinski definition) is 0. The van der Waals surface area contributed by atoms with Gasteiger partial charge in [-0.2, -0.15) is 4.98 Å². The molecule has 1 saturated heterocycles. The summed E-state index contributed by atoms with van der Waals surface area (Å²) in [5.74, 6) is 1.67. The van der Waals surface area contributed by atoms with Crippen molar-refractivity contribution in [2.24, 2.45) is 5.92 Å². The van der Waals surface area contributed by atoms with Crippen LogP contribution in [0, 0.1) is 16.0 Å². The SMILES string of the molecule is CC(C)Cc1nc(N2CCN(C(=O)c3ccc([N+](=O)[O-])cc3)CC2)c2c(-c3ccc4ccccc4c3)noc2n1. The summed E-state index contributed by atoms with van der Waals surface area (Å²) in [5.41, 5.74) is 2.46. The summed E-state index contributed by atoms with van der Waals surface area (Å²) in [6.45, 7) is 6.34. The lowest BCUT2D eigenvalue weighted by atomic mass is 10.0. The van der Waals surface area contributed by atoms with Gasteiger partial charge in [0.2, 0.25) is 0 Å². The molecule has 1 aliphatic heterocycles. The van der Waals surface area contributed by atoms with E-state index in [0.29, 0.717) is 61.3 Å². The molecule has 5 aromatic rings. The molecule has 0 atom stereocenters. The fraction of sp³-hybridized carbons (Fsp3) is 0.267. The van der Waals surface area contributed by atoms with Crippen LogP contribution in [-0.2, 0) is 6.42 Å². The summed E-state index contributed by atoms with van der Waals surface area (Å²) < 4.78 is 5.77. The lowest BCUT2D eigenvalue weighted by molar-refractivity contribution is -0.384. The molecule has 202 valence electrons. The Balaban J connectivity index is 1.32. The molecule has 1 fully saturated rings. The van der Waals surface area contributed by atoms with E-state index in [9.17, 15) is 14.9 Å². The molecule has 0 radical (unpaired) electrons. The van der Waals surface area contributed by atoms with E-state index in [1.807, 2.05) is 18.2 Å². The molecule has 10 nitrogen and oxygen atoms in total. The van der Waals surface area contributed by atoms with Gasteiger partial charge >= 0.3 is 0 Å². The zero-order valence-electron chi connectivity index (χ0n) is 22.3. The Morgan fingerprint density at radius 1 is 0.975 bits per heavy atom. The van der Waals surface area contributed by atoms with E-state index < -0.39 is 4.92 Å². The number of nitro groups is 1. The third-order valence-electron chi connectivity index (χ3n) is 7.17. The largest absolute Gasteiger partial charge is 0.352 e. The molecule has 1 aliphatic rings. The van der Waals surface area contributed by atoms with E-state index in [-0.39, 0.29) is 11.6 Å². The van der Waals surface area contributed by atoms with Crippen molar-refractivity contribution in [2.75, 3.05) is 31.1 Å². The minimum absolute atomic E-state index is 0.0395. The van der Waals surface area contributed by atoms with Crippen LogP contribution >= 0.6 is 0 Å². The normalized spacial score (nSPS) is 13.9. The van der Waals surface area contributed by atoms with Crippen LogP contribution < -0.4 is 4.90 Å². The van der Waals surface area contributed by atoms with Crippen molar-refractivity contribution < 1.29 is 14.2 Å². The van der Waals surface area contributed by atoms with E-state index in [2.05, 4.69) is 48.2 Å². The Kier molecular flexibility index (Phi) is 6.59. The first-order valence-corrected chi connectivity index (χ1v) is 13.3. The van der Waals surface area contributed by atoms with Crippen LogP contribution in [0.15, 0.2) is 71.3 Å². The first kappa shape index (κ1) is 25.4. The predicted octanol–water partition coefficient (Wildman–Crippen LogP) is 5.51. The molecule has 0 N–H and O–H groups in total. The molecule has 2 aromatic heterocycles. The molecule has 1 amide bonds. The second kappa shape index (κ2) is 10.4. The molecule has 0 unspecified atom stereocenters. The molecule has 0 aliphatic carbocycles. The Morgan fingerprint density at radius 2 is 1.70 bits per heavy atom. The number of non-ortho nitro benzene ring substituents is 1. The van der Waals surface area contributed by atoms with Crippen molar-refractivity contribution in [3.63, 3.8) is 0 Å². The summed E-state index contributed by atoms with van der Waals surface area (Å²) >= 11 is 0. The lowest BCUT2D eigenvalue weighted by Gasteiger charge is -2.35. The van der Waals surface area contributed by atoms with Crippen molar-refractivity contribution in [3.8, 4) is 11.3 Å². The molecule has 6 rings (SSSR count). The van der Waals surface area contributed by atoms with Gasteiger partial charge in [0.05, 0.1) is 4.92 Å². The van der Waals surface area contributed by atoms with Gasteiger partial charge < -0.3 is 14.3 Å². The molecule has 3 heterocycles. The Labute approximate surface area is 230 Å². The number of fused-ring (bicyclic) bond motifs is 2. The van der Waals surface area contributed by atoms with Crippen LogP contribution in [0.2, 0.25) is 0 Å². The van der Waals surface area contributed by atoms with Crippen LogP contribution in [0.1, 0.15) is 30.0 Å². The number of hydrogen-bond acceptors (Lipinski definition) is 8. The highest BCUT2D eigenvalue weighted by molar-refractivity contribution is 6.00. The number of rotatable bonds is 6. The van der Waals surface area contributed by atoms with Crippen LogP contribution in [-0.4, -0.2) is 57.0 Å². The van der Waals surface area contributed by atoms with Crippen molar-refractivity contribution in [3.05, 3.63) is 88.2 Å². The zero-order valence-corrected chi connectivity index (χ0v) is 22.3. The highest BCUT2D eigenvalue weighted by Gasteiger charge is 2.28. The standard InChI is InChI=1S/C30H28N6O4/c1-19(2)17-25-31-28(34-13-15-35(16-14-34)30(37)21-9-11-24(12-10-21)36(38)39)26-27(33-40-29(26)32-25)23-8-7-20-5-3-4-6-22(20)18-23/h3-12,18-19H,13-17H2,1-2H3. The highest BCUT2D eigenvalue weighted by atomic mass is 16.6. The van der Waals surface area contributed by atoms with Gasteiger partial charge in [-0.25, -0.2) is 4.98 Å². The second-order valence-electron chi connectivity index (χ2n) is 10.4. The minimum atomic E-state index is -0.472. The van der Waals surface area contributed by atoms with Gasteiger partial charge in [-0.05, 0) is 34.9 Å². The summed E-state index contributed by atoms with van der Waals surface area (Å²) in [7, 11) is 0. The molecular weight excluding hydrogens is 508 g/mol. The van der Waals surface area contributed by atoms with Crippen LogP contribution in [0.25, 0.3) is 33.1 Å². The van der Waals surface area contributed by atoms with Gasteiger partial charge in [0.15, 0.2) is 0 Å². The van der Waals surface area contributed by atoms with Crippen LogP contribution in [0.3, 0.4) is 0 Å². The van der Waals surface area contributed by atoms with Gasteiger partial charge in [0, 0.05) is 55.9 Å². The van der Waals surface area contributed by atoms with Crippen LogP contribution in [0.4, 0.5) is 11.5 Å². The van der Waals surface area contributed by atoms with E-state index >= 15 is 0 Å². The second-order valence-corrected chi connectivity index (χ2v) is 10.4. The number of nitro benzene ring substituents is 1. The maximum atomic E-state index is 13.1.